The Bertz CT molecular complexity index is 619. The topological polar surface area (TPSA) is 61.7 Å². The van der Waals surface area contributed by atoms with E-state index in [-0.39, 0.29) is 18.1 Å². The van der Waals surface area contributed by atoms with Gasteiger partial charge >= 0.3 is 0 Å². The largest absolute Gasteiger partial charge is 0.507 e. The zero-order chi connectivity index (χ0) is 14.4. The standard InChI is InChI=1S/C16H16N2O2/c1-12-6-8-13(9-7-12)10-16(20)18-17-11-14-4-2-3-5-15(14)19/h2-9,11,19H,10H2,1H3,(H,18,20)/b17-11+. The molecule has 2 aromatic rings. The number of phenols is 1. The lowest BCUT2D eigenvalue weighted by atomic mass is 10.1. The second-order valence-corrected chi connectivity index (χ2v) is 4.51. The average Bonchev–Trinajstić information content (AvgIpc) is 2.43. The highest BCUT2D eigenvalue weighted by Gasteiger charge is 2.01. The Balaban J connectivity index is 1.89. The van der Waals surface area contributed by atoms with Crippen molar-refractivity contribution in [3.8, 4) is 5.75 Å². The lowest BCUT2D eigenvalue weighted by molar-refractivity contribution is -0.120. The molecule has 4 nitrogen and oxygen atoms in total. The van der Waals surface area contributed by atoms with Crippen LogP contribution in [0.15, 0.2) is 53.6 Å². The number of aromatic hydroxyl groups is 1. The summed E-state index contributed by atoms with van der Waals surface area (Å²) in [4.78, 5) is 11.7. The summed E-state index contributed by atoms with van der Waals surface area (Å²) in [6.07, 6.45) is 1.70. The summed E-state index contributed by atoms with van der Waals surface area (Å²) in [6.45, 7) is 2.00. The second-order valence-electron chi connectivity index (χ2n) is 4.51. The number of amides is 1. The Morgan fingerprint density at radius 2 is 1.90 bits per heavy atom. The van der Waals surface area contributed by atoms with Crippen LogP contribution < -0.4 is 5.43 Å². The fourth-order valence-electron chi connectivity index (χ4n) is 1.70. The van der Waals surface area contributed by atoms with Crippen LogP contribution >= 0.6 is 0 Å². The first-order chi connectivity index (χ1) is 9.65. The number of hydrazone groups is 1. The lowest BCUT2D eigenvalue weighted by Gasteiger charge is -2.01. The van der Waals surface area contributed by atoms with E-state index in [1.54, 1.807) is 24.3 Å². The summed E-state index contributed by atoms with van der Waals surface area (Å²) in [5.41, 5.74) is 5.09. The lowest BCUT2D eigenvalue weighted by Crippen LogP contribution is -2.19. The van der Waals surface area contributed by atoms with Gasteiger partial charge in [0.1, 0.15) is 5.75 Å². The first kappa shape index (κ1) is 13.8. The first-order valence-electron chi connectivity index (χ1n) is 6.30. The molecule has 0 aromatic heterocycles. The number of carbonyl (C=O) groups is 1. The quantitative estimate of drug-likeness (QED) is 0.660. The summed E-state index contributed by atoms with van der Waals surface area (Å²) in [6, 6.07) is 14.6. The van der Waals surface area contributed by atoms with Gasteiger partial charge in [-0.2, -0.15) is 5.10 Å². The zero-order valence-corrected chi connectivity index (χ0v) is 11.2. The minimum Gasteiger partial charge on any atom is -0.507 e. The van der Waals surface area contributed by atoms with Crippen LogP contribution in [0.2, 0.25) is 0 Å². The van der Waals surface area contributed by atoms with Crippen LogP contribution in [0.1, 0.15) is 16.7 Å². The molecule has 0 heterocycles. The molecule has 4 heteroatoms. The molecule has 0 aliphatic heterocycles. The highest BCUT2D eigenvalue weighted by atomic mass is 16.3. The van der Waals surface area contributed by atoms with Crippen molar-refractivity contribution in [1.29, 1.82) is 0 Å². The van der Waals surface area contributed by atoms with E-state index in [1.165, 1.54) is 6.21 Å². The van der Waals surface area contributed by atoms with Gasteiger partial charge in [-0.25, -0.2) is 5.43 Å². The minimum atomic E-state index is -0.194. The van der Waals surface area contributed by atoms with Crippen molar-refractivity contribution in [3.63, 3.8) is 0 Å². The number of aryl methyl sites for hydroxylation is 1. The van der Waals surface area contributed by atoms with Gasteiger partial charge in [-0.05, 0) is 24.6 Å². The van der Waals surface area contributed by atoms with Crippen molar-refractivity contribution in [2.75, 3.05) is 0 Å². The minimum absolute atomic E-state index is 0.129. The van der Waals surface area contributed by atoms with Gasteiger partial charge in [-0.1, -0.05) is 42.0 Å². The van der Waals surface area contributed by atoms with Crippen molar-refractivity contribution in [1.82, 2.24) is 5.43 Å². The van der Waals surface area contributed by atoms with E-state index in [2.05, 4.69) is 10.5 Å². The molecule has 2 rings (SSSR count). The van der Waals surface area contributed by atoms with Gasteiger partial charge in [0.2, 0.25) is 5.91 Å². The molecule has 2 aromatic carbocycles. The van der Waals surface area contributed by atoms with E-state index in [1.807, 2.05) is 31.2 Å². The predicted molar refractivity (Wildman–Crippen MR) is 78.7 cm³/mol. The van der Waals surface area contributed by atoms with Crippen LogP contribution in [0, 0.1) is 6.92 Å². The number of rotatable bonds is 4. The molecule has 0 aliphatic carbocycles. The molecule has 0 fully saturated rings. The summed E-state index contributed by atoms with van der Waals surface area (Å²) >= 11 is 0. The Morgan fingerprint density at radius 3 is 2.60 bits per heavy atom. The normalized spacial score (nSPS) is 10.7. The summed E-state index contributed by atoms with van der Waals surface area (Å²) in [5.74, 6) is -0.0652. The Morgan fingerprint density at radius 1 is 1.20 bits per heavy atom. The third kappa shape index (κ3) is 3.95. The molecule has 0 radical (unpaired) electrons. The molecule has 20 heavy (non-hydrogen) atoms. The molecule has 0 atom stereocenters. The van der Waals surface area contributed by atoms with Crippen LogP contribution in [0.3, 0.4) is 0 Å². The number of phenolic OH excluding ortho intramolecular Hbond substituents is 1. The molecule has 2 N–H and O–H groups in total. The van der Waals surface area contributed by atoms with E-state index in [0.29, 0.717) is 5.56 Å². The van der Waals surface area contributed by atoms with Gasteiger partial charge in [0, 0.05) is 5.56 Å². The molecule has 102 valence electrons. The molecule has 0 saturated carbocycles. The van der Waals surface area contributed by atoms with Crippen LogP contribution in [-0.2, 0) is 11.2 Å². The zero-order valence-electron chi connectivity index (χ0n) is 11.2. The number of carbonyl (C=O) groups excluding carboxylic acids is 1. The smallest absolute Gasteiger partial charge is 0.244 e. The molecule has 0 saturated heterocycles. The Labute approximate surface area is 117 Å². The molecule has 0 spiro atoms. The van der Waals surface area contributed by atoms with Gasteiger partial charge in [0.15, 0.2) is 0 Å². The number of para-hydroxylation sites is 1. The maximum Gasteiger partial charge on any atom is 0.244 e. The van der Waals surface area contributed by atoms with Crippen LogP contribution in [-0.4, -0.2) is 17.2 Å². The summed E-state index contributed by atoms with van der Waals surface area (Å²) in [5, 5.41) is 13.4. The number of hydrogen-bond acceptors (Lipinski definition) is 3. The maximum atomic E-state index is 11.7. The first-order valence-corrected chi connectivity index (χ1v) is 6.30. The summed E-state index contributed by atoms with van der Waals surface area (Å²) < 4.78 is 0. The van der Waals surface area contributed by atoms with E-state index in [9.17, 15) is 9.90 Å². The van der Waals surface area contributed by atoms with Gasteiger partial charge < -0.3 is 5.11 Å². The molecular weight excluding hydrogens is 252 g/mol. The van der Waals surface area contributed by atoms with E-state index < -0.39 is 0 Å². The summed E-state index contributed by atoms with van der Waals surface area (Å²) in [7, 11) is 0. The molecule has 1 amide bonds. The second kappa shape index (κ2) is 6.52. The van der Waals surface area contributed by atoms with Gasteiger partial charge in [0.05, 0.1) is 12.6 Å². The molecular formula is C16H16N2O2. The maximum absolute atomic E-state index is 11.7. The van der Waals surface area contributed by atoms with E-state index in [0.717, 1.165) is 11.1 Å². The van der Waals surface area contributed by atoms with Crippen molar-refractivity contribution in [3.05, 3.63) is 65.2 Å². The third-order valence-corrected chi connectivity index (χ3v) is 2.81. The average molecular weight is 268 g/mol. The fraction of sp³-hybridized carbons (Fsp3) is 0.125. The highest BCUT2D eigenvalue weighted by Crippen LogP contribution is 2.12. The van der Waals surface area contributed by atoms with E-state index in [4.69, 9.17) is 0 Å². The van der Waals surface area contributed by atoms with Gasteiger partial charge in [-0.3, -0.25) is 4.79 Å². The molecule has 0 unspecified atom stereocenters. The molecule has 0 aliphatic rings. The van der Waals surface area contributed by atoms with Gasteiger partial charge in [0.25, 0.3) is 0 Å². The van der Waals surface area contributed by atoms with Crippen molar-refractivity contribution >= 4 is 12.1 Å². The van der Waals surface area contributed by atoms with Crippen LogP contribution in [0.25, 0.3) is 0 Å². The number of hydrogen-bond donors (Lipinski definition) is 2. The van der Waals surface area contributed by atoms with Crippen molar-refractivity contribution < 1.29 is 9.90 Å². The third-order valence-electron chi connectivity index (χ3n) is 2.81. The Kier molecular flexibility index (Phi) is 4.50. The predicted octanol–water partition coefficient (Wildman–Crippen LogP) is 2.39. The van der Waals surface area contributed by atoms with Crippen LogP contribution in [0.4, 0.5) is 0 Å². The SMILES string of the molecule is Cc1ccc(CC(=O)N/N=C/c2ccccc2O)cc1. The van der Waals surface area contributed by atoms with Crippen molar-refractivity contribution in [2.45, 2.75) is 13.3 Å². The van der Waals surface area contributed by atoms with Crippen molar-refractivity contribution in [2.24, 2.45) is 5.10 Å². The number of nitrogens with zero attached hydrogens (tertiary/aromatic N) is 1. The number of nitrogens with one attached hydrogen (secondary N) is 1. The Hall–Kier alpha value is -2.62. The van der Waals surface area contributed by atoms with E-state index >= 15 is 0 Å². The van der Waals surface area contributed by atoms with Crippen LogP contribution in [0.5, 0.6) is 5.75 Å². The van der Waals surface area contributed by atoms with Gasteiger partial charge in [-0.15, -0.1) is 0 Å². The number of benzene rings is 2. The fourth-order valence-corrected chi connectivity index (χ4v) is 1.70. The molecule has 0 bridgehead atoms. The highest BCUT2D eigenvalue weighted by molar-refractivity contribution is 5.85. The monoisotopic (exact) mass is 268 g/mol.